The van der Waals surface area contributed by atoms with E-state index in [4.69, 9.17) is 5.73 Å². The maximum atomic E-state index is 6.07. The minimum atomic E-state index is 0.307. The minimum Gasteiger partial charge on any atom is -0.398 e. The van der Waals surface area contributed by atoms with Gasteiger partial charge in [-0.1, -0.05) is 12.1 Å². The van der Waals surface area contributed by atoms with Crippen LogP contribution in [0.5, 0.6) is 0 Å². The first-order valence-electron chi connectivity index (χ1n) is 6.35. The van der Waals surface area contributed by atoms with Gasteiger partial charge in [0.2, 0.25) is 0 Å². The van der Waals surface area contributed by atoms with Crippen LogP contribution in [0.25, 0.3) is 22.4 Å². The fourth-order valence-electron chi connectivity index (χ4n) is 2.36. The van der Waals surface area contributed by atoms with Gasteiger partial charge in [0.05, 0.1) is 11.7 Å². The predicted octanol–water partition coefficient (Wildman–Crippen LogP) is 3.26. The van der Waals surface area contributed by atoms with Gasteiger partial charge in [-0.25, -0.2) is 4.98 Å². The van der Waals surface area contributed by atoms with Crippen LogP contribution in [0.3, 0.4) is 0 Å². The summed E-state index contributed by atoms with van der Waals surface area (Å²) < 4.78 is 2.20. The van der Waals surface area contributed by atoms with Crippen LogP contribution >= 0.6 is 0 Å². The van der Waals surface area contributed by atoms with Crippen LogP contribution in [0.4, 0.5) is 5.69 Å². The van der Waals surface area contributed by atoms with E-state index in [2.05, 4.69) is 28.4 Å². The maximum absolute atomic E-state index is 6.07. The van der Waals surface area contributed by atoms with Gasteiger partial charge in [-0.15, -0.1) is 0 Å². The summed E-state index contributed by atoms with van der Waals surface area (Å²) in [7, 11) is 0. The first-order chi connectivity index (χ1) is 9.18. The molecule has 96 valence electrons. The molecule has 0 amide bonds. The average molecular weight is 252 g/mol. The van der Waals surface area contributed by atoms with Crippen LogP contribution in [-0.4, -0.2) is 14.5 Å². The summed E-state index contributed by atoms with van der Waals surface area (Å²) in [6.45, 7) is 4.29. The fourth-order valence-corrected chi connectivity index (χ4v) is 2.36. The van der Waals surface area contributed by atoms with E-state index in [1.807, 2.05) is 30.3 Å². The van der Waals surface area contributed by atoms with Gasteiger partial charge >= 0.3 is 0 Å². The highest BCUT2D eigenvalue weighted by molar-refractivity contribution is 5.83. The van der Waals surface area contributed by atoms with Gasteiger partial charge in [-0.05, 0) is 32.0 Å². The quantitative estimate of drug-likeness (QED) is 0.712. The molecule has 2 aromatic heterocycles. The zero-order valence-electron chi connectivity index (χ0n) is 11.0. The molecule has 0 fully saturated rings. The summed E-state index contributed by atoms with van der Waals surface area (Å²) >= 11 is 0. The largest absolute Gasteiger partial charge is 0.398 e. The van der Waals surface area contributed by atoms with E-state index in [9.17, 15) is 0 Å². The lowest BCUT2D eigenvalue weighted by Gasteiger charge is -2.14. The van der Waals surface area contributed by atoms with Crippen molar-refractivity contribution in [1.82, 2.24) is 14.5 Å². The standard InChI is InChI=1S/C15H16N4/c1-10(2)19-14-7-8-17-9-13(14)18-15(19)11-5-3-4-6-12(11)16/h3-10H,16H2,1-2H3. The van der Waals surface area contributed by atoms with Gasteiger partial charge < -0.3 is 10.3 Å². The van der Waals surface area contributed by atoms with E-state index in [1.54, 1.807) is 12.4 Å². The number of nitrogens with two attached hydrogens (primary N) is 1. The van der Waals surface area contributed by atoms with E-state index in [0.29, 0.717) is 6.04 Å². The van der Waals surface area contributed by atoms with Crippen molar-refractivity contribution in [3.8, 4) is 11.4 Å². The van der Waals surface area contributed by atoms with Crippen LogP contribution in [0.2, 0.25) is 0 Å². The number of fused-ring (bicyclic) bond motifs is 1. The molecular weight excluding hydrogens is 236 g/mol. The van der Waals surface area contributed by atoms with Crippen molar-refractivity contribution in [3.63, 3.8) is 0 Å². The third kappa shape index (κ3) is 1.85. The Balaban J connectivity index is 2.35. The normalized spacial score (nSPS) is 11.3. The van der Waals surface area contributed by atoms with E-state index >= 15 is 0 Å². The summed E-state index contributed by atoms with van der Waals surface area (Å²) in [6, 6.07) is 10.1. The van der Waals surface area contributed by atoms with Crippen LogP contribution in [0.15, 0.2) is 42.7 Å². The molecule has 0 saturated heterocycles. The fraction of sp³-hybridized carbons (Fsp3) is 0.200. The third-order valence-corrected chi connectivity index (χ3v) is 3.21. The number of hydrogen-bond donors (Lipinski definition) is 1. The van der Waals surface area contributed by atoms with Crippen LogP contribution in [0.1, 0.15) is 19.9 Å². The molecule has 3 aromatic rings. The second kappa shape index (κ2) is 4.39. The molecule has 0 aliphatic rings. The number of para-hydroxylation sites is 1. The Hall–Kier alpha value is -2.36. The monoisotopic (exact) mass is 252 g/mol. The van der Waals surface area contributed by atoms with Gasteiger partial charge in [0.15, 0.2) is 0 Å². The molecule has 0 saturated carbocycles. The van der Waals surface area contributed by atoms with Crippen LogP contribution in [-0.2, 0) is 0 Å². The molecule has 0 bridgehead atoms. The van der Waals surface area contributed by atoms with Gasteiger partial charge in [0.1, 0.15) is 11.3 Å². The summed E-state index contributed by atoms with van der Waals surface area (Å²) in [5.41, 5.74) is 9.77. The molecule has 2 heterocycles. The second-order valence-corrected chi connectivity index (χ2v) is 4.85. The first kappa shape index (κ1) is 11.7. The summed E-state index contributed by atoms with van der Waals surface area (Å²) in [5.74, 6) is 0.899. The van der Waals surface area contributed by atoms with Crippen molar-refractivity contribution in [1.29, 1.82) is 0 Å². The number of benzene rings is 1. The summed E-state index contributed by atoms with van der Waals surface area (Å²) in [4.78, 5) is 8.82. The number of nitrogen functional groups attached to an aromatic ring is 1. The SMILES string of the molecule is CC(C)n1c(-c2ccccc2N)nc2cnccc21. The Kier molecular flexibility index (Phi) is 2.71. The molecule has 0 aliphatic heterocycles. The van der Waals surface area contributed by atoms with Gasteiger partial charge in [-0.2, -0.15) is 0 Å². The zero-order valence-corrected chi connectivity index (χ0v) is 11.0. The van der Waals surface area contributed by atoms with E-state index in [0.717, 1.165) is 28.1 Å². The molecule has 0 unspecified atom stereocenters. The Labute approximate surface area is 111 Å². The molecule has 4 nitrogen and oxygen atoms in total. The van der Waals surface area contributed by atoms with Crippen molar-refractivity contribution in [2.75, 3.05) is 5.73 Å². The van der Waals surface area contributed by atoms with Gasteiger partial charge in [-0.3, -0.25) is 4.98 Å². The second-order valence-electron chi connectivity index (χ2n) is 4.85. The van der Waals surface area contributed by atoms with E-state index in [1.165, 1.54) is 0 Å². The Morgan fingerprint density at radius 3 is 2.68 bits per heavy atom. The Bertz CT molecular complexity index is 728. The smallest absolute Gasteiger partial charge is 0.143 e. The molecule has 3 rings (SSSR count). The number of anilines is 1. The number of hydrogen-bond acceptors (Lipinski definition) is 3. The highest BCUT2D eigenvalue weighted by Gasteiger charge is 2.16. The van der Waals surface area contributed by atoms with Crippen molar-refractivity contribution in [2.45, 2.75) is 19.9 Å². The van der Waals surface area contributed by atoms with Crippen LogP contribution in [0, 0.1) is 0 Å². The van der Waals surface area contributed by atoms with Crippen molar-refractivity contribution in [3.05, 3.63) is 42.7 Å². The van der Waals surface area contributed by atoms with Crippen molar-refractivity contribution < 1.29 is 0 Å². The Morgan fingerprint density at radius 1 is 1.16 bits per heavy atom. The number of aromatic nitrogens is 3. The number of nitrogens with zero attached hydrogens (tertiary/aromatic N) is 3. The van der Waals surface area contributed by atoms with Gasteiger partial charge in [0.25, 0.3) is 0 Å². The van der Waals surface area contributed by atoms with Crippen molar-refractivity contribution in [2.24, 2.45) is 0 Å². The lowest BCUT2D eigenvalue weighted by Crippen LogP contribution is -2.04. The highest BCUT2D eigenvalue weighted by atomic mass is 15.1. The van der Waals surface area contributed by atoms with Crippen molar-refractivity contribution >= 4 is 16.7 Å². The lowest BCUT2D eigenvalue weighted by atomic mass is 10.1. The molecule has 19 heavy (non-hydrogen) atoms. The molecule has 0 aliphatic carbocycles. The third-order valence-electron chi connectivity index (χ3n) is 3.21. The molecule has 2 N–H and O–H groups in total. The van der Waals surface area contributed by atoms with Crippen LogP contribution < -0.4 is 5.73 Å². The summed E-state index contributed by atoms with van der Waals surface area (Å²) in [6.07, 6.45) is 3.58. The Morgan fingerprint density at radius 2 is 1.95 bits per heavy atom. The first-order valence-corrected chi connectivity index (χ1v) is 6.35. The molecule has 1 aromatic carbocycles. The predicted molar refractivity (Wildman–Crippen MR) is 77.8 cm³/mol. The lowest BCUT2D eigenvalue weighted by molar-refractivity contribution is 0.624. The maximum Gasteiger partial charge on any atom is 0.143 e. The summed E-state index contributed by atoms with van der Waals surface area (Å²) in [5, 5.41) is 0. The number of imidazole rings is 1. The molecule has 0 radical (unpaired) electrons. The molecule has 4 heteroatoms. The zero-order chi connectivity index (χ0) is 13.4. The average Bonchev–Trinajstić information content (AvgIpc) is 2.78. The number of rotatable bonds is 2. The minimum absolute atomic E-state index is 0.307. The molecule has 0 atom stereocenters. The molecular formula is C15H16N4. The topological polar surface area (TPSA) is 56.7 Å². The molecule has 0 spiro atoms. The number of pyridine rings is 1. The van der Waals surface area contributed by atoms with E-state index < -0.39 is 0 Å². The van der Waals surface area contributed by atoms with Gasteiger partial charge in [0, 0.05) is 23.5 Å². The van der Waals surface area contributed by atoms with E-state index in [-0.39, 0.29) is 0 Å². The highest BCUT2D eigenvalue weighted by Crippen LogP contribution is 2.30.